The Bertz CT molecular complexity index is 556. The Balaban J connectivity index is 2.40. The maximum Gasteiger partial charge on any atom is 0.327 e. The zero-order valence-corrected chi connectivity index (χ0v) is 11.1. The van der Waals surface area contributed by atoms with Gasteiger partial charge < -0.3 is 5.11 Å². The lowest BCUT2D eigenvalue weighted by Crippen LogP contribution is -2.47. The highest BCUT2D eigenvalue weighted by molar-refractivity contribution is 6.22. The van der Waals surface area contributed by atoms with Crippen molar-refractivity contribution in [3.8, 4) is 0 Å². The van der Waals surface area contributed by atoms with Crippen molar-refractivity contribution in [2.24, 2.45) is 0 Å². The van der Waals surface area contributed by atoms with E-state index in [1.807, 2.05) is 0 Å². The van der Waals surface area contributed by atoms with Crippen molar-refractivity contribution in [1.29, 1.82) is 0 Å². The summed E-state index contributed by atoms with van der Waals surface area (Å²) in [5.41, 5.74) is -1.50. The van der Waals surface area contributed by atoms with Crippen LogP contribution in [0.25, 0.3) is 0 Å². The molecule has 1 aliphatic heterocycles. The SMILES string of the molecule is CC(C)(F)CC(C(=O)O)N1C(=O)c2ccccc2C1=O. The molecule has 0 aliphatic carbocycles. The number of fused-ring (bicyclic) bond motifs is 1. The lowest BCUT2D eigenvalue weighted by atomic mass is 9.99. The third kappa shape index (κ3) is 2.41. The summed E-state index contributed by atoms with van der Waals surface area (Å²) in [6.45, 7) is 2.42. The number of carboxylic acid groups (broad SMARTS) is 1. The number of nitrogens with zero attached hydrogens (tertiary/aromatic N) is 1. The maximum atomic E-state index is 13.7. The van der Waals surface area contributed by atoms with Gasteiger partial charge in [0, 0.05) is 6.42 Å². The number of hydrogen-bond acceptors (Lipinski definition) is 3. The van der Waals surface area contributed by atoms with Crippen molar-refractivity contribution < 1.29 is 23.9 Å². The fourth-order valence-corrected chi connectivity index (χ4v) is 2.24. The second kappa shape index (κ2) is 4.70. The van der Waals surface area contributed by atoms with E-state index in [1.165, 1.54) is 26.0 Å². The Morgan fingerprint density at radius 2 is 1.70 bits per heavy atom. The van der Waals surface area contributed by atoms with E-state index < -0.39 is 35.9 Å². The highest BCUT2D eigenvalue weighted by Crippen LogP contribution is 2.28. The quantitative estimate of drug-likeness (QED) is 0.854. The minimum Gasteiger partial charge on any atom is -0.480 e. The largest absolute Gasteiger partial charge is 0.480 e. The number of imide groups is 1. The standard InChI is InChI=1S/C14H14FNO4/c1-14(2,15)7-10(13(19)20)16-11(17)8-5-3-4-6-9(8)12(16)18/h3-6,10H,7H2,1-2H3,(H,19,20). The molecular weight excluding hydrogens is 265 g/mol. The number of hydrogen-bond donors (Lipinski definition) is 1. The first-order chi connectivity index (χ1) is 9.22. The van der Waals surface area contributed by atoms with Crippen molar-refractivity contribution in [1.82, 2.24) is 4.90 Å². The molecular formula is C14H14FNO4. The molecule has 5 nitrogen and oxygen atoms in total. The lowest BCUT2D eigenvalue weighted by Gasteiger charge is -2.26. The fourth-order valence-electron chi connectivity index (χ4n) is 2.24. The summed E-state index contributed by atoms with van der Waals surface area (Å²) >= 11 is 0. The van der Waals surface area contributed by atoms with Gasteiger partial charge >= 0.3 is 5.97 Å². The lowest BCUT2D eigenvalue weighted by molar-refractivity contribution is -0.142. The van der Waals surface area contributed by atoms with Crippen LogP contribution in [-0.2, 0) is 4.79 Å². The van der Waals surface area contributed by atoms with E-state index in [9.17, 15) is 23.9 Å². The number of amides is 2. The van der Waals surface area contributed by atoms with Gasteiger partial charge in [-0.15, -0.1) is 0 Å². The molecule has 1 aromatic carbocycles. The highest BCUT2D eigenvalue weighted by Gasteiger charge is 2.44. The molecule has 0 saturated carbocycles. The predicted molar refractivity (Wildman–Crippen MR) is 68.2 cm³/mol. The second-order valence-corrected chi connectivity index (χ2v) is 5.30. The number of halogens is 1. The minimum atomic E-state index is -1.81. The van der Waals surface area contributed by atoms with Gasteiger partial charge in [-0.1, -0.05) is 12.1 Å². The second-order valence-electron chi connectivity index (χ2n) is 5.30. The molecule has 2 rings (SSSR count). The van der Waals surface area contributed by atoms with Crippen LogP contribution in [0.5, 0.6) is 0 Å². The molecule has 0 fully saturated rings. The van der Waals surface area contributed by atoms with Crippen molar-refractivity contribution in [3.63, 3.8) is 0 Å². The maximum absolute atomic E-state index is 13.7. The van der Waals surface area contributed by atoms with Gasteiger partial charge in [0.1, 0.15) is 11.7 Å². The highest BCUT2D eigenvalue weighted by atomic mass is 19.1. The van der Waals surface area contributed by atoms with Gasteiger partial charge in [-0.25, -0.2) is 9.18 Å². The molecule has 106 valence electrons. The zero-order chi connectivity index (χ0) is 15.1. The smallest absolute Gasteiger partial charge is 0.327 e. The molecule has 6 heteroatoms. The molecule has 0 radical (unpaired) electrons. The Kier molecular flexibility index (Phi) is 3.33. The van der Waals surface area contributed by atoms with E-state index in [0.717, 1.165) is 0 Å². The van der Waals surface area contributed by atoms with Gasteiger partial charge in [0.2, 0.25) is 0 Å². The number of rotatable bonds is 4. The average molecular weight is 279 g/mol. The average Bonchev–Trinajstić information content (AvgIpc) is 2.59. The van der Waals surface area contributed by atoms with Crippen molar-refractivity contribution >= 4 is 17.8 Å². The molecule has 0 aromatic heterocycles. The monoisotopic (exact) mass is 279 g/mol. The third-order valence-electron chi connectivity index (χ3n) is 3.10. The van der Waals surface area contributed by atoms with E-state index in [2.05, 4.69) is 0 Å². The molecule has 1 N–H and O–H groups in total. The molecule has 1 atom stereocenters. The summed E-state index contributed by atoms with van der Waals surface area (Å²) in [6, 6.07) is 4.57. The molecule has 1 aromatic rings. The fraction of sp³-hybridized carbons (Fsp3) is 0.357. The van der Waals surface area contributed by atoms with Crippen LogP contribution in [0.4, 0.5) is 4.39 Å². The molecule has 0 spiro atoms. The predicted octanol–water partition coefficient (Wildman–Crippen LogP) is 1.87. The molecule has 20 heavy (non-hydrogen) atoms. The summed E-state index contributed by atoms with van der Waals surface area (Å²) in [7, 11) is 0. The summed E-state index contributed by atoms with van der Waals surface area (Å²) in [6.07, 6.45) is -0.451. The number of carbonyl (C=O) groups excluding carboxylic acids is 2. The number of carbonyl (C=O) groups is 3. The van der Waals surface area contributed by atoms with Crippen LogP contribution in [0.3, 0.4) is 0 Å². The molecule has 0 bridgehead atoms. The van der Waals surface area contributed by atoms with E-state index in [1.54, 1.807) is 12.1 Å². The topological polar surface area (TPSA) is 74.7 Å². The third-order valence-corrected chi connectivity index (χ3v) is 3.10. The van der Waals surface area contributed by atoms with Gasteiger partial charge in [-0.2, -0.15) is 0 Å². The van der Waals surface area contributed by atoms with Crippen molar-refractivity contribution in [2.75, 3.05) is 0 Å². The van der Waals surface area contributed by atoms with Crippen LogP contribution in [0, 0.1) is 0 Å². The Hall–Kier alpha value is -2.24. The minimum absolute atomic E-state index is 0.153. The van der Waals surface area contributed by atoms with Crippen LogP contribution in [0.2, 0.25) is 0 Å². The van der Waals surface area contributed by atoms with Gasteiger partial charge in [-0.05, 0) is 26.0 Å². The first kappa shape index (κ1) is 14.2. The molecule has 1 unspecified atom stereocenters. The molecule has 0 saturated heterocycles. The Labute approximate surface area is 115 Å². The molecule has 1 aliphatic rings. The summed E-state index contributed by atoms with van der Waals surface area (Å²) < 4.78 is 13.7. The Morgan fingerprint density at radius 3 is 2.05 bits per heavy atom. The number of carboxylic acids is 1. The van der Waals surface area contributed by atoms with E-state index in [4.69, 9.17) is 0 Å². The van der Waals surface area contributed by atoms with Gasteiger partial charge in [0.05, 0.1) is 11.1 Å². The van der Waals surface area contributed by atoms with Crippen LogP contribution in [0.15, 0.2) is 24.3 Å². The summed E-state index contributed by atoms with van der Waals surface area (Å²) in [4.78, 5) is 36.2. The number of benzene rings is 1. The van der Waals surface area contributed by atoms with Crippen molar-refractivity contribution in [3.05, 3.63) is 35.4 Å². The van der Waals surface area contributed by atoms with Crippen LogP contribution in [-0.4, -0.2) is 39.5 Å². The zero-order valence-electron chi connectivity index (χ0n) is 11.1. The summed E-state index contributed by atoms with van der Waals surface area (Å²) in [5.74, 6) is -2.78. The first-order valence-corrected chi connectivity index (χ1v) is 6.11. The van der Waals surface area contributed by atoms with E-state index >= 15 is 0 Å². The Morgan fingerprint density at radius 1 is 1.25 bits per heavy atom. The van der Waals surface area contributed by atoms with Gasteiger partial charge in [-0.3, -0.25) is 14.5 Å². The first-order valence-electron chi connectivity index (χ1n) is 6.11. The van der Waals surface area contributed by atoms with Crippen LogP contribution < -0.4 is 0 Å². The van der Waals surface area contributed by atoms with Crippen molar-refractivity contribution in [2.45, 2.75) is 32.0 Å². The van der Waals surface area contributed by atoms with E-state index in [-0.39, 0.29) is 11.1 Å². The van der Waals surface area contributed by atoms with Gasteiger partial charge in [0.25, 0.3) is 11.8 Å². The molecule has 1 heterocycles. The summed E-state index contributed by atoms with van der Waals surface area (Å²) in [5, 5.41) is 9.20. The normalized spacial score (nSPS) is 16.2. The van der Waals surface area contributed by atoms with Gasteiger partial charge in [0.15, 0.2) is 0 Å². The molecule has 2 amide bonds. The number of alkyl halides is 1. The van der Waals surface area contributed by atoms with Crippen LogP contribution in [0.1, 0.15) is 41.0 Å². The van der Waals surface area contributed by atoms with E-state index in [0.29, 0.717) is 4.90 Å². The number of aliphatic carboxylic acids is 1. The van der Waals surface area contributed by atoms with Crippen LogP contribution >= 0.6 is 0 Å².